The van der Waals surface area contributed by atoms with Crippen molar-refractivity contribution < 1.29 is 4.79 Å². The number of nitrogens with one attached hydrogen (secondary N) is 2. The summed E-state index contributed by atoms with van der Waals surface area (Å²) in [5.41, 5.74) is 0. The van der Waals surface area contributed by atoms with E-state index in [2.05, 4.69) is 10.6 Å². The molecule has 14 heavy (non-hydrogen) atoms. The van der Waals surface area contributed by atoms with Gasteiger partial charge in [0, 0.05) is 12.6 Å². The smallest absolute Gasteiger partial charge is 0.224 e. The summed E-state index contributed by atoms with van der Waals surface area (Å²) >= 11 is 0. The highest BCUT2D eigenvalue weighted by Crippen LogP contribution is 2.18. The van der Waals surface area contributed by atoms with E-state index in [9.17, 15) is 4.79 Å². The molecule has 2 aliphatic rings. The third-order valence-corrected chi connectivity index (χ3v) is 3.13. The number of hydrogen-bond acceptors (Lipinski definition) is 2. The molecule has 0 aromatic heterocycles. The van der Waals surface area contributed by atoms with Crippen LogP contribution in [0.15, 0.2) is 0 Å². The van der Waals surface area contributed by atoms with Gasteiger partial charge in [-0.05, 0) is 25.8 Å². The molecule has 82 valence electrons. The van der Waals surface area contributed by atoms with Crippen LogP contribution in [-0.2, 0) is 4.79 Å². The highest BCUT2D eigenvalue weighted by molar-refractivity contribution is 5.85. The van der Waals surface area contributed by atoms with Crippen LogP contribution in [0.25, 0.3) is 0 Å². The molecular formula is C10H19ClN2O. The zero-order valence-corrected chi connectivity index (χ0v) is 9.24. The second-order valence-corrected chi connectivity index (χ2v) is 4.18. The predicted octanol–water partition coefficient (Wildman–Crippen LogP) is 1.08. The van der Waals surface area contributed by atoms with Gasteiger partial charge in [0.25, 0.3) is 0 Å². The van der Waals surface area contributed by atoms with Gasteiger partial charge in [0.2, 0.25) is 5.91 Å². The van der Waals surface area contributed by atoms with Crippen LogP contribution in [0.2, 0.25) is 0 Å². The van der Waals surface area contributed by atoms with Gasteiger partial charge in [-0.2, -0.15) is 0 Å². The summed E-state index contributed by atoms with van der Waals surface area (Å²) in [7, 11) is 0. The van der Waals surface area contributed by atoms with E-state index in [1.165, 1.54) is 25.7 Å². The maximum absolute atomic E-state index is 11.7. The number of hydrogen-bond donors (Lipinski definition) is 2. The molecule has 0 aromatic carbocycles. The molecule has 0 spiro atoms. The lowest BCUT2D eigenvalue weighted by Gasteiger charge is -2.14. The van der Waals surface area contributed by atoms with Gasteiger partial charge >= 0.3 is 0 Å². The Bertz CT molecular complexity index is 187. The molecule has 1 atom stereocenters. The van der Waals surface area contributed by atoms with Crippen molar-refractivity contribution in [3.8, 4) is 0 Å². The van der Waals surface area contributed by atoms with Gasteiger partial charge < -0.3 is 10.6 Å². The van der Waals surface area contributed by atoms with E-state index in [4.69, 9.17) is 0 Å². The minimum Gasteiger partial charge on any atom is -0.353 e. The number of carbonyl (C=O) groups is 1. The lowest BCUT2D eigenvalue weighted by molar-refractivity contribution is -0.125. The number of amides is 1. The van der Waals surface area contributed by atoms with Gasteiger partial charge in [-0.3, -0.25) is 4.79 Å². The van der Waals surface area contributed by atoms with E-state index < -0.39 is 0 Å². The van der Waals surface area contributed by atoms with E-state index >= 15 is 0 Å². The van der Waals surface area contributed by atoms with Crippen molar-refractivity contribution >= 4 is 18.3 Å². The zero-order chi connectivity index (χ0) is 9.10. The fraction of sp³-hybridized carbons (Fsp3) is 0.900. The predicted molar refractivity (Wildman–Crippen MR) is 58.6 cm³/mol. The molecule has 1 aliphatic carbocycles. The average molecular weight is 219 g/mol. The van der Waals surface area contributed by atoms with E-state index in [0.29, 0.717) is 6.04 Å². The van der Waals surface area contributed by atoms with Crippen LogP contribution in [0, 0.1) is 5.92 Å². The summed E-state index contributed by atoms with van der Waals surface area (Å²) in [6, 6.07) is 0.480. The summed E-state index contributed by atoms with van der Waals surface area (Å²) in [5, 5.41) is 6.36. The first-order valence-electron chi connectivity index (χ1n) is 5.37. The third-order valence-electron chi connectivity index (χ3n) is 3.13. The van der Waals surface area contributed by atoms with Crippen LogP contribution >= 0.6 is 12.4 Å². The van der Waals surface area contributed by atoms with E-state index in [-0.39, 0.29) is 24.2 Å². The Labute approximate surface area is 91.4 Å². The summed E-state index contributed by atoms with van der Waals surface area (Å²) < 4.78 is 0. The first-order chi connectivity index (χ1) is 6.36. The summed E-state index contributed by atoms with van der Waals surface area (Å²) in [6.07, 6.45) is 5.96. The minimum atomic E-state index is 0. The monoisotopic (exact) mass is 218 g/mol. The van der Waals surface area contributed by atoms with Gasteiger partial charge in [-0.15, -0.1) is 12.4 Å². The molecule has 2 rings (SSSR count). The molecule has 0 aromatic rings. The first-order valence-corrected chi connectivity index (χ1v) is 5.37. The fourth-order valence-corrected chi connectivity index (χ4v) is 2.27. The first kappa shape index (κ1) is 11.8. The summed E-state index contributed by atoms with van der Waals surface area (Å²) in [4.78, 5) is 11.7. The largest absolute Gasteiger partial charge is 0.353 e. The molecular weight excluding hydrogens is 200 g/mol. The van der Waals surface area contributed by atoms with Gasteiger partial charge in [0.05, 0.1) is 5.92 Å². The molecule has 3 nitrogen and oxygen atoms in total. The number of rotatable bonds is 2. The van der Waals surface area contributed by atoms with Crippen LogP contribution in [0.3, 0.4) is 0 Å². The molecule has 1 aliphatic heterocycles. The van der Waals surface area contributed by atoms with Crippen LogP contribution < -0.4 is 10.6 Å². The molecule has 1 saturated heterocycles. The zero-order valence-electron chi connectivity index (χ0n) is 8.42. The Morgan fingerprint density at radius 2 is 1.93 bits per heavy atom. The maximum atomic E-state index is 11.7. The highest BCUT2D eigenvalue weighted by Gasteiger charge is 2.25. The Balaban J connectivity index is 0.000000980. The molecule has 0 unspecified atom stereocenters. The van der Waals surface area contributed by atoms with Crippen molar-refractivity contribution in [3.05, 3.63) is 0 Å². The molecule has 0 radical (unpaired) electrons. The molecule has 1 amide bonds. The molecule has 2 fully saturated rings. The Morgan fingerprint density at radius 3 is 2.50 bits per heavy atom. The normalized spacial score (nSPS) is 27.3. The molecule has 4 heteroatoms. The van der Waals surface area contributed by atoms with Gasteiger partial charge in [-0.1, -0.05) is 12.8 Å². The highest BCUT2D eigenvalue weighted by atomic mass is 35.5. The second kappa shape index (κ2) is 5.56. The lowest BCUT2D eigenvalue weighted by Crippen LogP contribution is -2.38. The lowest BCUT2D eigenvalue weighted by atomic mass is 10.1. The van der Waals surface area contributed by atoms with E-state index in [0.717, 1.165) is 19.5 Å². The van der Waals surface area contributed by atoms with Crippen LogP contribution in [-0.4, -0.2) is 25.0 Å². The SMILES string of the molecule is Cl.O=C(NC1CCCC1)[C@@H]1CCNC1. The number of carbonyl (C=O) groups excluding carboxylic acids is 1. The topological polar surface area (TPSA) is 41.1 Å². The average Bonchev–Trinajstić information content (AvgIpc) is 2.74. The van der Waals surface area contributed by atoms with Crippen molar-refractivity contribution in [2.24, 2.45) is 5.92 Å². The standard InChI is InChI=1S/C10H18N2O.ClH/c13-10(8-5-6-11-7-8)12-9-3-1-2-4-9;/h8-9,11H,1-7H2,(H,12,13);1H/t8-;/m1./s1. The van der Waals surface area contributed by atoms with Crippen molar-refractivity contribution in [2.75, 3.05) is 13.1 Å². The van der Waals surface area contributed by atoms with E-state index in [1.807, 2.05) is 0 Å². The van der Waals surface area contributed by atoms with E-state index in [1.54, 1.807) is 0 Å². The van der Waals surface area contributed by atoms with Gasteiger partial charge in [0.1, 0.15) is 0 Å². The molecule has 2 N–H and O–H groups in total. The van der Waals surface area contributed by atoms with Crippen molar-refractivity contribution in [3.63, 3.8) is 0 Å². The van der Waals surface area contributed by atoms with Crippen molar-refractivity contribution in [2.45, 2.75) is 38.1 Å². The molecule has 1 heterocycles. The van der Waals surface area contributed by atoms with Gasteiger partial charge in [0.15, 0.2) is 0 Å². The van der Waals surface area contributed by atoms with Crippen molar-refractivity contribution in [1.29, 1.82) is 0 Å². The van der Waals surface area contributed by atoms with Gasteiger partial charge in [-0.25, -0.2) is 0 Å². The number of halogens is 1. The second-order valence-electron chi connectivity index (χ2n) is 4.18. The quantitative estimate of drug-likeness (QED) is 0.728. The molecule has 1 saturated carbocycles. The Kier molecular flexibility index (Phi) is 4.69. The van der Waals surface area contributed by atoms with Crippen LogP contribution in [0.1, 0.15) is 32.1 Å². The summed E-state index contributed by atoms with van der Waals surface area (Å²) in [6.45, 7) is 1.88. The maximum Gasteiger partial charge on any atom is 0.224 e. The van der Waals surface area contributed by atoms with Crippen molar-refractivity contribution in [1.82, 2.24) is 10.6 Å². The Morgan fingerprint density at radius 1 is 1.21 bits per heavy atom. The third kappa shape index (κ3) is 2.85. The molecule has 0 bridgehead atoms. The minimum absolute atomic E-state index is 0. The fourth-order valence-electron chi connectivity index (χ4n) is 2.27. The van der Waals surface area contributed by atoms with Crippen LogP contribution in [0.4, 0.5) is 0 Å². The Hall–Kier alpha value is -0.280. The van der Waals surface area contributed by atoms with Crippen LogP contribution in [0.5, 0.6) is 0 Å². The summed E-state index contributed by atoms with van der Waals surface area (Å²) in [5.74, 6) is 0.512.